The molecule has 0 radical (unpaired) electrons. The fourth-order valence-electron chi connectivity index (χ4n) is 1.99. The Morgan fingerprint density at radius 3 is 2.57 bits per heavy atom. The van der Waals surface area contributed by atoms with Gasteiger partial charge < -0.3 is 15.5 Å². The van der Waals surface area contributed by atoms with Crippen LogP contribution in [-0.2, 0) is 11.4 Å². The lowest BCUT2D eigenvalue weighted by Crippen LogP contribution is -2.41. The summed E-state index contributed by atoms with van der Waals surface area (Å²) in [6.07, 6.45) is 0. The molecule has 1 amide bonds. The predicted molar refractivity (Wildman–Crippen MR) is 75.0 cm³/mol. The number of carbonyl (C=O) groups is 2. The number of aromatic carboxylic acids is 1. The SMILES string of the molecule is CC(C)C1(C)N=C(c2nc(CO)ccc2C(=O)O)NC1=O. The number of nitrogens with one attached hydrogen (secondary N) is 1. The molecule has 1 aromatic rings. The van der Waals surface area contributed by atoms with Crippen LogP contribution in [0.4, 0.5) is 0 Å². The molecule has 2 rings (SSSR count). The number of aliphatic imine (C=N–C) groups is 1. The molecule has 7 heteroatoms. The van der Waals surface area contributed by atoms with Crippen LogP contribution in [0.15, 0.2) is 17.1 Å². The topological polar surface area (TPSA) is 112 Å². The molecule has 2 heterocycles. The van der Waals surface area contributed by atoms with Crippen LogP contribution in [0.25, 0.3) is 0 Å². The highest BCUT2D eigenvalue weighted by Crippen LogP contribution is 2.27. The fourth-order valence-corrected chi connectivity index (χ4v) is 1.99. The van der Waals surface area contributed by atoms with E-state index in [1.807, 2.05) is 13.8 Å². The van der Waals surface area contributed by atoms with Crippen LogP contribution in [-0.4, -0.2) is 38.4 Å². The number of amidine groups is 1. The van der Waals surface area contributed by atoms with Crippen LogP contribution in [0.2, 0.25) is 0 Å². The molecule has 1 aromatic heterocycles. The molecular weight excluding hydrogens is 274 g/mol. The average Bonchev–Trinajstić information content (AvgIpc) is 2.75. The largest absolute Gasteiger partial charge is 0.478 e. The molecule has 112 valence electrons. The first-order valence-electron chi connectivity index (χ1n) is 6.55. The van der Waals surface area contributed by atoms with Crippen molar-refractivity contribution in [1.29, 1.82) is 0 Å². The van der Waals surface area contributed by atoms with Gasteiger partial charge in [0.15, 0.2) is 5.84 Å². The van der Waals surface area contributed by atoms with E-state index in [9.17, 15) is 14.7 Å². The lowest BCUT2D eigenvalue weighted by molar-refractivity contribution is -0.124. The average molecular weight is 291 g/mol. The van der Waals surface area contributed by atoms with E-state index < -0.39 is 11.5 Å². The van der Waals surface area contributed by atoms with Gasteiger partial charge in [0.05, 0.1) is 17.9 Å². The molecule has 0 saturated carbocycles. The zero-order valence-electron chi connectivity index (χ0n) is 12.0. The molecule has 1 unspecified atom stereocenters. The third-order valence-corrected chi connectivity index (χ3v) is 3.73. The smallest absolute Gasteiger partial charge is 0.338 e. The first-order chi connectivity index (χ1) is 9.79. The number of carbonyl (C=O) groups excluding carboxylic acids is 1. The maximum Gasteiger partial charge on any atom is 0.338 e. The summed E-state index contributed by atoms with van der Waals surface area (Å²) < 4.78 is 0. The summed E-state index contributed by atoms with van der Waals surface area (Å²) in [5, 5.41) is 21.0. The number of nitrogens with zero attached hydrogens (tertiary/aromatic N) is 2. The molecule has 21 heavy (non-hydrogen) atoms. The molecule has 0 bridgehead atoms. The van der Waals surface area contributed by atoms with E-state index in [4.69, 9.17) is 5.11 Å². The molecule has 3 N–H and O–H groups in total. The summed E-state index contributed by atoms with van der Waals surface area (Å²) >= 11 is 0. The van der Waals surface area contributed by atoms with Crippen molar-refractivity contribution in [2.75, 3.05) is 0 Å². The minimum atomic E-state index is -1.17. The monoisotopic (exact) mass is 291 g/mol. The van der Waals surface area contributed by atoms with Crippen molar-refractivity contribution >= 4 is 17.7 Å². The Kier molecular flexibility index (Phi) is 3.78. The van der Waals surface area contributed by atoms with Gasteiger partial charge in [-0.1, -0.05) is 13.8 Å². The van der Waals surface area contributed by atoms with Crippen molar-refractivity contribution < 1.29 is 19.8 Å². The maximum atomic E-state index is 12.1. The molecule has 7 nitrogen and oxygen atoms in total. The Bertz CT molecular complexity index is 639. The lowest BCUT2D eigenvalue weighted by atomic mass is 9.89. The Morgan fingerprint density at radius 2 is 2.10 bits per heavy atom. The molecule has 0 spiro atoms. The van der Waals surface area contributed by atoms with Gasteiger partial charge in [0.2, 0.25) is 0 Å². The van der Waals surface area contributed by atoms with E-state index in [0.717, 1.165) is 0 Å². The molecule has 0 fully saturated rings. The number of amides is 1. The van der Waals surface area contributed by atoms with E-state index in [1.165, 1.54) is 12.1 Å². The Morgan fingerprint density at radius 1 is 1.43 bits per heavy atom. The normalized spacial score (nSPS) is 21.4. The molecule has 1 aliphatic rings. The number of hydrogen-bond acceptors (Lipinski definition) is 5. The number of aromatic nitrogens is 1. The van der Waals surface area contributed by atoms with Crippen LogP contribution in [0.5, 0.6) is 0 Å². The summed E-state index contributed by atoms with van der Waals surface area (Å²) in [6, 6.07) is 2.77. The Hall–Kier alpha value is -2.28. The summed E-state index contributed by atoms with van der Waals surface area (Å²) in [5.41, 5.74) is -0.654. The van der Waals surface area contributed by atoms with Crippen molar-refractivity contribution in [2.24, 2.45) is 10.9 Å². The van der Waals surface area contributed by atoms with Crippen molar-refractivity contribution in [1.82, 2.24) is 10.3 Å². The van der Waals surface area contributed by atoms with Crippen molar-refractivity contribution in [3.8, 4) is 0 Å². The molecule has 1 atom stereocenters. The van der Waals surface area contributed by atoms with Crippen molar-refractivity contribution in [2.45, 2.75) is 32.9 Å². The van der Waals surface area contributed by atoms with E-state index in [-0.39, 0.29) is 35.5 Å². The van der Waals surface area contributed by atoms with Gasteiger partial charge in [-0.05, 0) is 25.0 Å². The highest BCUT2D eigenvalue weighted by molar-refractivity contribution is 6.17. The number of aliphatic hydroxyl groups excluding tert-OH is 1. The highest BCUT2D eigenvalue weighted by Gasteiger charge is 2.43. The van der Waals surface area contributed by atoms with E-state index >= 15 is 0 Å². The number of carboxylic acids is 1. The second-order valence-electron chi connectivity index (χ2n) is 5.38. The fraction of sp³-hybridized carbons (Fsp3) is 0.429. The van der Waals surface area contributed by atoms with Gasteiger partial charge >= 0.3 is 5.97 Å². The molecular formula is C14H17N3O4. The Balaban J connectivity index is 2.56. The van der Waals surface area contributed by atoms with Gasteiger partial charge in [0.1, 0.15) is 11.2 Å². The van der Waals surface area contributed by atoms with Crippen LogP contribution < -0.4 is 5.32 Å². The number of rotatable bonds is 4. The number of pyridine rings is 1. The van der Waals surface area contributed by atoms with E-state index in [2.05, 4.69) is 15.3 Å². The molecule has 1 aliphatic heterocycles. The van der Waals surface area contributed by atoms with E-state index in [1.54, 1.807) is 6.92 Å². The zero-order chi connectivity index (χ0) is 15.8. The third-order valence-electron chi connectivity index (χ3n) is 3.73. The van der Waals surface area contributed by atoms with Crippen LogP contribution in [0.3, 0.4) is 0 Å². The van der Waals surface area contributed by atoms with Gasteiger partial charge in [0, 0.05) is 0 Å². The predicted octanol–water partition coefficient (Wildman–Crippen LogP) is 0.563. The number of aliphatic hydroxyl groups is 1. The first-order valence-corrected chi connectivity index (χ1v) is 6.55. The summed E-state index contributed by atoms with van der Waals surface area (Å²) in [7, 11) is 0. The van der Waals surface area contributed by atoms with Crippen LogP contribution in [0, 0.1) is 5.92 Å². The lowest BCUT2D eigenvalue weighted by Gasteiger charge is -2.21. The first kappa shape index (κ1) is 15.1. The maximum absolute atomic E-state index is 12.1. The highest BCUT2D eigenvalue weighted by atomic mass is 16.4. The van der Waals surface area contributed by atoms with Gasteiger partial charge in [-0.2, -0.15) is 0 Å². The standard InChI is InChI=1S/C14H17N3O4/c1-7(2)14(3)13(21)16-11(17-14)10-9(12(19)20)5-4-8(6-18)15-10/h4-5,7,18H,6H2,1-3H3,(H,19,20)(H,16,17,21). The summed E-state index contributed by atoms with van der Waals surface area (Å²) in [5.74, 6) is -1.38. The molecule has 0 aliphatic carbocycles. The Labute approximate surface area is 121 Å². The van der Waals surface area contributed by atoms with Crippen molar-refractivity contribution in [3.05, 3.63) is 29.1 Å². The van der Waals surface area contributed by atoms with E-state index in [0.29, 0.717) is 5.69 Å². The summed E-state index contributed by atoms with van der Waals surface area (Å²) in [4.78, 5) is 31.8. The van der Waals surface area contributed by atoms with Crippen LogP contribution >= 0.6 is 0 Å². The van der Waals surface area contributed by atoms with Gasteiger partial charge in [0.25, 0.3) is 5.91 Å². The number of hydrogen-bond donors (Lipinski definition) is 3. The van der Waals surface area contributed by atoms with Crippen LogP contribution in [0.1, 0.15) is 42.5 Å². The second-order valence-corrected chi connectivity index (χ2v) is 5.38. The molecule has 0 aromatic carbocycles. The number of carboxylic acid groups (broad SMARTS) is 1. The van der Waals surface area contributed by atoms with Gasteiger partial charge in [-0.3, -0.25) is 4.79 Å². The second kappa shape index (κ2) is 5.25. The van der Waals surface area contributed by atoms with Crippen molar-refractivity contribution in [3.63, 3.8) is 0 Å². The van der Waals surface area contributed by atoms with Gasteiger partial charge in [-0.25, -0.2) is 14.8 Å². The summed E-state index contributed by atoms with van der Waals surface area (Å²) in [6.45, 7) is 5.09. The molecule has 0 saturated heterocycles. The zero-order valence-corrected chi connectivity index (χ0v) is 12.0. The quantitative estimate of drug-likeness (QED) is 0.750. The van der Waals surface area contributed by atoms with Gasteiger partial charge in [-0.15, -0.1) is 0 Å². The minimum Gasteiger partial charge on any atom is -0.478 e. The third kappa shape index (κ3) is 2.52. The minimum absolute atomic E-state index is 0.0516.